The number of rotatable bonds is 4. The normalized spacial score (nSPS) is 21.7. The summed E-state index contributed by atoms with van der Waals surface area (Å²) in [5.74, 6) is -1.81. The van der Waals surface area contributed by atoms with Crippen molar-refractivity contribution in [3.8, 4) is 0 Å². The summed E-state index contributed by atoms with van der Waals surface area (Å²) in [6, 6.07) is 7.74. The second-order valence-corrected chi connectivity index (χ2v) is 6.12. The summed E-state index contributed by atoms with van der Waals surface area (Å²) in [6.45, 7) is 0.489. The molecule has 1 aliphatic rings. The van der Waals surface area contributed by atoms with Crippen LogP contribution in [0.5, 0.6) is 0 Å². The van der Waals surface area contributed by atoms with E-state index < -0.39 is 11.9 Å². The molecule has 1 aromatic carbocycles. The van der Waals surface area contributed by atoms with Gasteiger partial charge in [0.25, 0.3) is 0 Å². The molecule has 0 unspecified atom stereocenters. The number of carbonyl (C=O) groups excluding carboxylic acids is 1. The lowest BCUT2D eigenvalue weighted by Crippen LogP contribution is -2.36. The lowest BCUT2D eigenvalue weighted by Gasteiger charge is -2.24. The van der Waals surface area contributed by atoms with Gasteiger partial charge in [0.2, 0.25) is 5.91 Å². The molecule has 0 aliphatic heterocycles. The SMILES string of the molecule is CN(Cc1ccccc1Br)C(=O)[C@@H]1CCC[C@@H]1C(=O)O. The Labute approximate surface area is 126 Å². The van der Waals surface area contributed by atoms with Crippen molar-refractivity contribution >= 4 is 27.8 Å². The van der Waals surface area contributed by atoms with E-state index in [-0.39, 0.29) is 11.8 Å². The van der Waals surface area contributed by atoms with Crippen molar-refractivity contribution in [1.82, 2.24) is 4.90 Å². The quantitative estimate of drug-likeness (QED) is 0.917. The molecular weight excluding hydrogens is 322 g/mol. The first kappa shape index (κ1) is 15.0. The Balaban J connectivity index is 2.05. The average Bonchev–Trinajstić information content (AvgIpc) is 2.89. The average molecular weight is 340 g/mol. The molecule has 5 heteroatoms. The number of hydrogen-bond acceptors (Lipinski definition) is 2. The van der Waals surface area contributed by atoms with Crippen LogP contribution in [0.2, 0.25) is 0 Å². The Bertz CT molecular complexity index is 518. The van der Waals surface area contributed by atoms with Crippen LogP contribution in [0.25, 0.3) is 0 Å². The predicted molar refractivity (Wildman–Crippen MR) is 79.1 cm³/mol. The van der Waals surface area contributed by atoms with Gasteiger partial charge in [-0.15, -0.1) is 0 Å². The van der Waals surface area contributed by atoms with Gasteiger partial charge in [-0.05, 0) is 24.5 Å². The summed E-state index contributed by atoms with van der Waals surface area (Å²) in [7, 11) is 1.74. The van der Waals surface area contributed by atoms with E-state index in [9.17, 15) is 9.59 Å². The number of carbonyl (C=O) groups is 2. The zero-order valence-electron chi connectivity index (χ0n) is 11.4. The maximum atomic E-state index is 12.4. The van der Waals surface area contributed by atoms with Crippen molar-refractivity contribution in [2.75, 3.05) is 7.05 Å². The largest absolute Gasteiger partial charge is 0.481 e. The summed E-state index contributed by atoms with van der Waals surface area (Å²) in [5.41, 5.74) is 1.02. The predicted octanol–water partition coefficient (Wildman–Crippen LogP) is 2.91. The van der Waals surface area contributed by atoms with E-state index in [1.165, 1.54) is 0 Å². The molecule has 108 valence electrons. The molecule has 0 radical (unpaired) electrons. The van der Waals surface area contributed by atoms with Crippen molar-refractivity contribution < 1.29 is 14.7 Å². The standard InChI is InChI=1S/C15H18BrNO3/c1-17(9-10-5-2-3-8-13(10)16)14(18)11-6-4-7-12(11)15(19)20/h2-3,5,8,11-12H,4,6-7,9H2,1H3,(H,19,20)/t11-,12+/m1/s1. The van der Waals surface area contributed by atoms with Gasteiger partial charge in [0.15, 0.2) is 0 Å². The molecule has 0 bridgehead atoms. The van der Waals surface area contributed by atoms with Gasteiger partial charge in [0, 0.05) is 18.1 Å². The highest BCUT2D eigenvalue weighted by Crippen LogP contribution is 2.33. The van der Waals surface area contributed by atoms with E-state index in [1.807, 2.05) is 24.3 Å². The Kier molecular flexibility index (Phi) is 4.81. The van der Waals surface area contributed by atoms with E-state index in [2.05, 4.69) is 15.9 Å². The first-order valence-electron chi connectivity index (χ1n) is 6.72. The van der Waals surface area contributed by atoms with Crippen LogP contribution >= 0.6 is 15.9 Å². The van der Waals surface area contributed by atoms with Gasteiger partial charge in [-0.1, -0.05) is 40.5 Å². The summed E-state index contributed by atoms with van der Waals surface area (Å²) in [4.78, 5) is 25.2. The molecule has 1 aromatic rings. The van der Waals surface area contributed by atoms with Gasteiger partial charge >= 0.3 is 5.97 Å². The third-order valence-corrected chi connectivity index (χ3v) is 4.67. The Hall–Kier alpha value is -1.36. The molecule has 4 nitrogen and oxygen atoms in total. The van der Waals surface area contributed by atoms with E-state index in [0.29, 0.717) is 19.4 Å². The fourth-order valence-electron chi connectivity index (χ4n) is 2.79. The van der Waals surface area contributed by atoms with Gasteiger partial charge < -0.3 is 10.0 Å². The Morgan fingerprint density at radius 1 is 1.30 bits per heavy atom. The van der Waals surface area contributed by atoms with Crippen molar-refractivity contribution in [3.63, 3.8) is 0 Å². The van der Waals surface area contributed by atoms with Crippen molar-refractivity contribution in [3.05, 3.63) is 34.3 Å². The molecule has 0 saturated heterocycles. The van der Waals surface area contributed by atoms with E-state index >= 15 is 0 Å². The number of carboxylic acid groups (broad SMARTS) is 1. The lowest BCUT2D eigenvalue weighted by atomic mass is 9.95. The Morgan fingerprint density at radius 3 is 2.60 bits per heavy atom. The highest BCUT2D eigenvalue weighted by Gasteiger charge is 2.38. The van der Waals surface area contributed by atoms with Crippen molar-refractivity contribution in [1.29, 1.82) is 0 Å². The molecule has 2 atom stereocenters. The van der Waals surface area contributed by atoms with Crippen molar-refractivity contribution in [2.45, 2.75) is 25.8 Å². The molecular formula is C15H18BrNO3. The monoisotopic (exact) mass is 339 g/mol. The number of carboxylic acids is 1. The van der Waals surface area contributed by atoms with Gasteiger partial charge in [-0.2, -0.15) is 0 Å². The first-order valence-corrected chi connectivity index (χ1v) is 7.51. The number of amides is 1. The molecule has 2 rings (SSSR count). The third-order valence-electron chi connectivity index (χ3n) is 3.89. The van der Waals surface area contributed by atoms with Crippen LogP contribution in [0.4, 0.5) is 0 Å². The molecule has 0 spiro atoms. The molecule has 0 aromatic heterocycles. The number of aliphatic carboxylic acids is 1. The fourth-order valence-corrected chi connectivity index (χ4v) is 3.20. The Morgan fingerprint density at radius 2 is 1.95 bits per heavy atom. The smallest absolute Gasteiger partial charge is 0.307 e. The van der Waals surface area contributed by atoms with Gasteiger partial charge in [0.1, 0.15) is 0 Å². The van der Waals surface area contributed by atoms with Crippen LogP contribution in [-0.2, 0) is 16.1 Å². The minimum atomic E-state index is -0.852. The molecule has 0 heterocycles. The number of hydrogen-bond donors (Lipinski definition) is 1. The fraction of sp³-hybridized carbons (Fsp3) is 0.467. The van der Waals surface area contributed by atoms with Crippen LogP contribution in [0, 0.1) is 11.8 Å². The maximum absolute atomic E-state index is 12.4. The van der Waals surface area contributed by atoms with Gasteiger partial charge in [-0.3, -0.25) is 9.59 Å². The zero-order chi connectivity index (χ0) is 14.7. The second kappa shape index (κ2) is 6.39. The molecule has 1 amide bonds. The van der Waals surface area contributed by atoms with Crippen LogP contribution in [-0.4, -0.2) is 28.9 Å². The highest BCUT2D eigenvalue weighted by atomic mass is 79.9. The minimum Gasteiger partial charge on any atom is -0.481 e. The molecule has 20 heavy (non-hydrogen) atoms. The molecule has 1 aliphatic carbocycles. The van der Waals surface area contributed by atoms with Crippen molar-refractivity contribution in [2.24, 2.45) is 11.8 Å². The summed E-state index contributed by atoms with van der Waals surface area (Å²) in [6.07, 6.45) is 2.10. The van der Waals surface area contributed by atoms with Crippen LogP contribution < -0.4 is 0 Å². The highest BCUT2D eigenvalue weighted by molar-refractivity contribution is 9.10. The van der Waals surface area contributed by atoms with E-state index in [4.69, 9.17) is 5.11 Å². The molecule has 1 saturated carbocycles. The minimum absolute atomic E-state index is 0.0642. The zero-order valence-corrected chi connectivity index (χ0v) is 13.0. The van der Waals surface area contributed by atoms with Gasteiger partial charge in [0.05, 0.1) is 11.8 Å². The molecule has 1 fully saturated rings. The van der Waals surface area contributed by atoms with Crippen LogP contribution in [0.1, 0.15) is 24.8 Å². The van der Waals surface area contributed by atoms with E-state index in [0.717, 1.165) is 16.5 Å². The summed E-state index contributed by atoms with van der Waals surface area (Å²) >= 11 is 3.46. The van der Waals surface area contributed by atoms with E-state index in [1.54, 1.807) is 11.9 Å². The molecule has 1 N–H and O–H groups in total. The number of nitrogens with zero attached hydrogens (tertiary/aromatic N) is 1. The van der Waals surface area contributed by atoms with Crippen LogP contribution in [0.3, 0.4) is 0 Å². The number of benzene rings is 1. The number of halogens is 1. The lowest BCUT2D eigenvalue weighted by molar-refractivity contribution is -0.148. The second-order valence-electron chi connectivity index (χ2n) is 5.27. The maximum Gasteiger partial charge on any atom is 0.307 e. The van der Waals surface area contributed by atoms with Crippen LogP contribution in [0.15, 0.2) is 28.7 Å². The summed E-state index contributed by atoms with van der Waals surface area (Å²) in [5, 5.41) is 9.17. The van der Waals surface area contributed by atoms with Gasteiger partial charge in [-0.25, -0.2) is 0 Å². The topological polar surface area (TPSA) is 57.6 Å². The third kappa shape index (κ3) is 3.20. The summed E-state index contributed by atoms with van der Waals surface area (Å²) < 4.78 is 0.959. The first-order chi connectivity index (χ1) is 9.50.